The fourth-order valence-electron chi connectivity index (χ4n) is 1.67. The maximum Gasteiger partial charge on any atom is 0.191 e. The molecule has 0 aliphatic carbocycles. The Bertz CT molecular complexity index is 509. The second kappa shape index (κ2) is 7.72. The van der Waals surface area contributed by atoms with Gasteiger partial charge in [-0.25, -0.2) is 4.99 Å². The SMILES string of the molecule is CCNC(=NCc1ccsc1)NCC(O)c1ccco1. The van der Waals surface area contributed by atoms with E-state index in [4.69, 9.17) is 4.42 Å². The molecule has 0 spiro atoms. The van der Waals surface area contributed by atoms with Crippen LogP contribution < -0.4 is 10.6 Å². The van der Waals surface area contributed by atoms with Crippen molar-refractivity contribution in [2.24, 2.45) is 4.99 Å². The standard InChI is InChI=1S/C14H19N3O2S/c1-2-15-14(16-8-11-5-7-20-10-11)17-9-12(18)13-4-3-6-19-13/h3-7,10,12,18H,2,8-9H2,1H3,(H2,15,16,17). The van der Waals surface area contributed by atoms with E-state index in [9.17, 15) is 5.11 Å². The van der Waals surface area contributed by atoms with Gasteiger partial charge in [0, 0.05) is 6.54 Å². The lowest BCUT2D eigenvalue weighted by molar-refractivity contribution is 0.153. The van der Waals surface area contributed by atoms with E-state index in [1.807, 2.05) is 12.3 Å². The number of hydrogen-bond donors (Lipinski definition) is 3. The Morgan fingerprint density at radius 3 is 3.00 bits per heavy atom. The van der Waals surface area contributed by atoms with Crippen LogP contribution in [0.3, 0.4) is 0 Å². The van der Waals surface area contributed by atoms with Crippen molar-refractivity contribution >= 4 is 17.3 Å². The summed E-state index contributed by atoms with van der Waals surface area (Å²) in [5.74, 6) is 1.23. The Balaban J connectivity index is 1.87. The minimum atomic E-state index is -0.685. The minimum absolute atomic E-state index is 0.350. The molecule has 20 heavy (non-hydrogen) atoms. The van der Waals surface area contributed by atoms with Gasteiger partial charge in [0.25, 0.3) is 0 Å². The van der Waals surface area contributed by atoms with E-state index in [0.29, 0.717) is 24.8 Å². The molecule has 6 heteroatoms. The molecule has 0 fully saturated rings. The average Bonchev–Trinajstić information content (AvgIpc) is 3.13. The largest absolute Gasteiger partial charge is 0.467 e. The normalized spacial score (nSPS) is 13.2. The molecule has 0 amide bonds. The van der Waals surface area contributed by atoms with Crippen molar-refractivity contribution in [3.8, 4) is 0 Å². The van der Waals surface area contributed by atoms with Crippen LogP contribution in [-0.2, 0) is 6.54 Å². The van der Waals surface area contributed by atoms with Crippen LogP contribution >= 0.6 is 11.3 Å². The predicted molar refractivity (Wildman–Crippen MR) is 80.8 cm³/mol. The van der Waals surface area contributed by atoms with Gasteiger partial charge < -0.3 is 20.2 Å². The van der Waals surface area contributed by atoms with Crippen LogP contribution in [0.4, 0.5) is 0 Å². The zero-order valence-corrected chi connectivity index (χ0v) is 12.2. The Labute approximate surface area is 122 Å². The predicted octanol–water partition coefficient (Wildman–Crippen LogP) is 2.13. The molecule has 2 aromatic rings. The highest BCUT2D eigenvalue weighted by molar-refractivity contribution is 7.07. The third kappa shape index (κ3) is 4.40. The van der Waals surface area contributed by atoms with Crippen LogP contribution in [0.15, 0.2) is 44.6 Å². The molecule has 0 radical (unpaired) electrons. The van der Waals surface area contributed by atoms with Crippen molar-refractivity contribution in [3.63, 3.8) is 0 Å². The summed E-state index contributed by atoms with van der Waals surface area (Å²) in [7, 11) is 0. The van der Waals surface area contributed by atoms with Crippen molar-refractivity contribution in [1.29, 1.82) is 0 Å². The highest BCUT2D eigenvalue weighted by Crippen LogP contribution is 2.11. The Hall–Kier alpha value is -1.79. The number of nitrogens with one attached hydrogen (secondary N) is 2. The molecule has 1 atom stereocenters. The van der Waals surface area contributed by atoms with E-state index in [-0.39, 0.29) is 0 Å². The summed E-state index contributed by atoms with van der Waals surface area (Å²) in [6.45, 7) is 3.75. The average molecular weight is 293 g/mol. The number of nitrogens with zero attached hydrogens (tertiary/aromatic N) is 1. The molecule has 0 aliphatic heterocycles. The fourth-order valence-corrected chi connectivity index (χ4v) is 2.33. The molecule has 3 N–H and O–H groups in total. The molecule has 0 bridgehead atoms. The molecule has 0 aromatic carbocycles. The number of aliphatic hydroxyl groups excluding tert-OH is 1. The summed E-state index contributed by atoms with van der Waals surface area (Å²) in [4.78, 5) is 4.47. The quantitative estimate of drug-likeness (QED) is 0.564. The third-order valence-electron chi connectivity index (χ3n) is 2.68. The molecule has 108 valence electrons. The smallest absolute Gasteiger partial charge is 0.191 e. The topological polar surface area (TPSA) is 69.8 Å². The third-order valence-corrected chi connectivity index (χ3v) is 3.41. The Kier molecular flexibility index (Phi) is 5.64. The maximum atomic E-state index is 9.94. The van der Waals surface area contributed by atoms with E-state index in [1.165, 1.54) is 5.56 Å². The first-order valence-electron chi connectivity index (χ1n) is 6.54. The van der Waals surface area contributed by atoms with Crippen molar-refractivity contribution in [1.82, 2.24) is 10.6 Å². The molecule has 5 nitrogen and oxygen atoms in total. The molecular formula is C14H19N3O2S. The van der Waals surface area contributed by atoms with Gasteiger partial charge in [0.15, 0.2) is 5.96 Å². The minimum Gasteiger partial charge on any atom is -0.467 e. The van der Waals surface area contributed by atoms with E-state index >= 15 is 0 Å². The number of aliphatic hydroxyl groups is 1. The Morgan fingerprint density at radius 2 is 2.35 bits per heavy atom. The summed E-state index contributed by atoms with van der Waals surface area (Å²) in [5, 5.41) is 20.3. The zero-order chi connectivity index (χ0) is 14.2. The van der Waals surface area contributed by atoms with Gasteiger partial charge in [0.05, 0.1) is 19.4 Å². The molecule has 0 saturated carbocycles. The lowest BCUT2D eigenvalue weighted by atomic mass is 10.3. The number of thiophene rings is 1. The lowest BCUT2D eigenvalue weighted by Gasteiger charge is -2.13. The molecular weight excluding hydrogens is 274 g/mol. The van der Waals surface area contributed by atoms with Gasteiger partial charge in [-0.05, 0) is 41.4 Å². The molecule has 0 aliphatic rings. The number of guanidine groups is 1. The molecule has 2 aromatic heterocycles. The van der Waals surface area contributed by atoms with Crippen LogP contribution in [0.5, 0.6) is 0 Å². The van der Waals surface area contributed by atoms with E-state index in [0.717, 1.165) is 6.54 Å². The monoisotopic (exact) mass is 293 g/mol. The van der Waals surface area contributed by atoms with Crippen LogP contribution in [-0.4, -0.2) is 24.2 Å². The number of hydrogen-bond acceptors (Lipinski definition) is 4. The van der Waals surface area contributed by atoms with Crippen LogP contribution in [0, 0.1) is 0 Å². The van der Waals surface area contributed by atoms with E-state index < -0.39 is 6.10 Å². The number of rotatable bonds is 6. The van der Waals surface area contributed by atoms with Gasteiger partial charge in [0.1, 0.15) is 11.9 Å². The first-order chi connectivity index (χ1) is 9.79. The van der Waals surface area contributed by atoms with Gasteiger partial charge in [-0.3, -0.25) is 0 Å². The number of furan rings is 1. The molecule has 2 heterocycles. The zero-order valence-electron chi connectivity index (χ0n) is 11.4. The fraction of sp³-hybridized carbons (Fsp3) is 0.357. The summed E-state index contributed by atoms with van der Waals surface area (Å²) in [5.41, 5.74) is 1.18. The summed E-state index contributed by atoms with van der Waals surface area (Å²) in [6, 6.07) is 5.56. The maximum absolute atomic E-state index is 9.94. The van der Waals surface area contributed by atoms with E-state index in [1.54, 1.807) is 29.7 Å². The lowest BCUT2D eigenvalue weighted by Crippen LogP contribution is -2.39. The van der Waals surface area contributed by atoms with Crippen molar-refractivity contribution in [2.75, 3.05) is 13.1 Å². The molecule has 1 unspecified atom stereocenters. The van der Waals surface area contributed by atoms with Gasteiger partial charge in [-0.15, -0.1) is 0 Å². The van der Waals surface area contributed by atoms with Crippen molar-refractivity contribution in [3.05, 3.63) is 46.5 Å². The molecule has 0 saturated heterocycles. The summed E-state index contributed by atoms with van der Waals surface area (Å²) >= 11 is 1.66. The van der Waals surface area contributed by atoms with Crippen LogP contribution in [0.1, 0.15) is 24.4 Å². The van der Waals surface area contributed by atoms with Crippen molar-refractivity contribution < 1.29 is 9.52 Å². The molecule has 2 rings (SSSR count). The first kappa shape index (κ1) is 14.6. The van der Waals surface area contributed by atoms with Gasteiger partial charge in [-0.1, -0.05) is 0 Å². The number of aliphatic imine (C=N–C) groups is 1. The van der Waals surface area contributed by atoms with Crippen molar-refractivity contribution in [2.45, 2.75) is 19.6 Å². The first-order valence-corrected chi connectivity index (χ1v) is 7.48. The van der Waals surface area contributed by atoms with Crippen LogP contribution in [0.25, 0.3) is 0 Å². The van der Waals surface area contributed by atoms with Gasteiger partial charge in [0.2, 0.25) is 0 Å². The van der Waals surface area contributed by atoms with E-state index in [2.05, 4.69) is 27.1 Å². The second-order valence-corrected chi connectivity index (χ2v) is 5.02. The summed E-state index contributed by atoms with van der Waals surface area (Å²) in [6.07, 6.45) is 0.865. The Morgan fingerprint density at radius 1 is 1.45 bits per heavy atom. The van der Waals surface area contributed by atoms with Gasteiger partial charge >= 0.3 is 0 Å². The van der Waals surface area contributed by atoms with Gasteiger partial charge in [-0.2, -0.15) is 11.3 Å². The second-order valence-electron chi connectivity index (χ2n) is 4.24. The van der Waals surface area contributed by atoms with Crippen LogP contribution in [0.2, 0.25) is 0 Å². The highest BCUT2D eigenvalue weighted by atomic mass is 32.1. The summed E-state index contributed by atoms with van der Waals surface area (Å²) < 4.78 is 5.16. The highest BCUT2D eigenvalue weighted by Gasteiger charge is 2.10.